The number of nitriles is 1. The Morgan fingerprint density at radius 2 is 1.88 bits per heavy atom. The maximum absolute atomic E-state index is 12.6. The van der Waals surface area contributed by atoms with Crippen LogP contribution in [-0.2, 0) is 6.18 Å². The molecule has 0 saturated heterocycles. The number of aromatic amines is 1. The largest absolute Gasteiger partial charge is 0.486 e. The first kappa shape index (κ1) is 15.9. The minimum Gasteiger partial charge on any atom is -0.486 e. The van der Waals surface area contributed by atoms with Crippen molar-refractivity contribution in [2.45, 2.75) is 6.18 Å². The normalized spacial score (nSPS) is 11.3. The monoisotopic (exact) mass is 351 g/mol. The Bertz CT molecular complexity index is 908. The zero-order valence-electron chi connectivity index (χ0n) is 12.0. The molecule has 1 aromatic carbocycles. The van der Waals surface area contributed by atoms with Gasteiger partial charge in [0.15, 0.2) is 11.4 Å². The SMILES string of the molecule is COc1sc(-c2ccc(C(F)(F)F)cc2)nc1-c1n[nH]nc1C#N. The van der Waals surface area contributed by atoms with Gasteiger partial charge in [-0.1, -0.05) is 23.5 Å². The third-order valence-corrected chi connectivity index (χ3v) is 4.18. The van der Waals surface area contributed by atoms with Crippen LogP contribution in [-0.4, -0.2) is 27.5 Å². The van der Waals surface area contributed by atoms with Crippen LogP contribution in [0.1, 0.15) is 11.3 Å². The minimum absolute atomic E-state index is 0.0533. The average Bonchev–Trinajstić information content (AvgIpc) is 3.20. The predicted octanol–water partition coefficient (Wildman–Crippen LogP) is 3.49. The number of methoxy groups -OCH3 is 1. The Kier molecular flexibility index (Phi) is 3.94. The summed E-state index contributed by atoms with van der Waals surface area (Å²) in [5.41, 5.74) is 0.349. The van der Waals surface area contributed by atoms with E-state index >= 15 is 0 Å². The number of aromatic nitrogens is 4. The molecule has 24 heavy (non-hydrogen) atoms. The Balaban J connectivity index is 2.03. The molecule has 1 N–H and O–H groups in total. The highest BCUT2D eigenvalue weighted by Gasteiger charge is 2.30. The molecule has 122 valence electrons. The fourth-order valence-corrected chi connectivity index (χ4v) is 2.88. The maximum atomic E-state index is 12.6. The fraction of sp³-hybridized carbons (Fsp3) is 0.143. The number of H-pyrrole nitrogens is 1. The lowest BCUT2D eigenvalue weighted by Gasteiger charge is -2.06. The molecule has 0 radical (unpaired) electrons. The molecule has 2 heterocycles. The van der Waals surface area contributed by atoms with Crippen LogP contribution in [0.5, 0.6) is 5.06 Å². The average molecular weight is 351 g/mol. The van der Waals surface area contributed by atoms with Gasteiger partial charge in [0.2, 0.25) is 5.06 Å². The van der Waals surface area contributed by atoms with Crippen molar-refractivity contribution in [1.82, 2.24) is 20.4 Å². The van der Waals surface area contributed by atoms with Crippen molar-refractivity contribution in [3.05, 3.63) is 35.5 Å². The van der Waals surface area contributed by atoms with E-state index in [2.05, 4.69) is 20.4 Å². The number of hydrogen-bond donors (Lipinski definition) is 1. The summed E-state index contributed by atoms with van der Waals surface area (Å²) < 4.78 is 43.1. The predicted molar refractivity (Wildman–Crippen MR) is 79.2 cm³/mol. The molecule has 0 aliphatic heterocycles. The Morgan fingerprint density at radius 3 is 2.46 bits per heavy atom. The molecule has 0 aliphatic carbocycles. The van der Waals surface area contributed by atoms with Gasteiger partial charge in [-0.05, 0) is 12.1 Å². The number of nitrogens with zero attached hydrogens (tertiary/aromatic N) is 4. The smallest absolute Gasteiger partial charge is 0.416 e. The van der Waals surface area contributed by atoms with E-state index in [-0.39, 0.29) is 11.4 Å². The van der Waals surface area contributed by atoms with Crippen molar-refractivity contribution in [3.63, 3.8) is 0 Å². The molecule has 6 nitrogen and oxygen atoms in total. The van der Waals surface area contributed by atoms with Crippen molar-refractivity contribution >= 4 is 11.3 Å². The van der Waals surface area contributed by atoms with E-state index in [1.807, 2.05) is 6.07 Å². The van der Waals surface area contributed by atoms with Crippen LogP contribution in [0.15, 0.2) is 24.3 Å². The number of halogens is 3. The molecule has 0 aliphatic rings. The van der Waals surface area contributed by atoms with Crippen molar-refractivity contribution in [3.8, 4) is 33.1 Å². The zero-order chi connectivity index (χ0) is 17.3. The van der Waals surface area contributed by atoms with E-state index in [1.54, 1.807) is 0 Å². The molecule has 0 spiro atoms. The maximum Gasteiger partial charge on any atom is 0.416 e. The summed E-state index contributed by atoms with van der Waals surface area (Å²) in [6.45, 7) is 0. The lowest BCUT2D eigenvalue weighted by Crippen LogP contribution is -2.03. The van der Waals surface area contributed by atoms with Gasteiger partial charge >= 0.3 is 6.18 Å². The van der Waals surface area contributed by atoms with Gasteiger partial charge in [0.1, 0.15) is 16.8 Å². The van der Waals surface area contributed by atoms with Crippen molar-refractivity contribution in [2.75, 3.05) is 7.11 Å². The lowest BCUT2D eigenvalue weighted by molar-refractivity contribution is -0.137. The van der Waals surface area contributed by atoms with Gasteiger partial charge < -0.3 is 4.74 Å². The number of alkyl halides is 3. The van der Waals surface area contributed by atoms with Crippen LogP contribution in [0, 0.1) is 11.3 Å². The van der Waals surface area contributed by atoms with Gasteiger partial charge in [-0.2, -0.15) is 28.7 Å². The van der Waals surface area contributed by atoms with Crippen LogP contribution in [0.4, 0.5) is 13.2 Å². The van der Waals surface area contributed by atoms with Crippen LogP contribution in [0.2, 0.25) is 0 Å². The molecular weight excluding hydrogens is 343 g/mol. The third kappa shape index (κ3) is 2.81. The summed E-state index contributed by atoms with van der Waals surface area (Å²) in [4.78, 5) is 4.33. The van der Waals surface area contributed by atoms with E-state index in [4.69, 9.17) is 10.00 Å². The second-order valence-electron chi connectivity index (χ2n) is 4.57. The van der Waals surface area contributed by atoms with Crippen molar-refractivity contribution in [1.29, 1.82) is 5.26 Å². The highest BCUT2D eigenvalue weighted by Crippen LogP contribution is 2.40. The summed E-state index contributed by atoms with van der Waals surface area (Å²) in [5.74, 6) is 0. The van der Waals surface area contributed by atoms with E-state index in [1.165, 1.54) is 19.2 Å². The number of benzene rings is 1. The first-order chi connectivity index (χ1) is 11.4. The summed E-state index contributed by atoms with van der Waals surface area (Å²) in [6, 6.07) is 6.51. The molecule has 0 atom stereocenters. The van der Waals surface area contributed by atoms with Gasteiger partial charge in [0.05, 0.1) is 12.7 Å². The van der Waals surface area contributed by atoms with Gasteiger partial charge in [-0.3, -0.25) is 0 Å². The second kappa shape index (κ2) is 5.93. The van der Waals surface area contributed by atoms with Gasteiger partial charge in [0, 0.05) is 5.56 Å². The van der Waals surface area contributed by atoms with Gasteiger partial charge in [-0.25, -0.2) is 4.98 Å². The molecule has 3 rings (SSSR count). The summed E-state index contributed by atoms with van der Waals surface area (Å²) in [6.07, 6.45) is -4.40. The quantitative estimate of drug-likeness (QED) is 0.780. The third-order valence-electron chi connectivity index (χ3n) is 3.12. The molecule has 3 aromatic rings. The summed E-state index contributed by atoms with van der Waals surface area (Å²) in [5, 5.41) is 19.8. The first-order valence-electron chi connectivity index (χ1n) is 6.47. The van der Waals surface area contributed by atoms with Crippen molar-refractivity contribution in [2.24, 2.45) is 0 Å². The number of ether oxygens (including phenoxy) is 1. The fourth-order valence-electron chi connectivity index (χ4n) is 1.99. The van der Waals surface area contributed by atoms with E-state index in [0.717, 1.165) is 23.5 Å². The number of rotatable bonds is 3. The van der Waals surface area contributed by atoms with Crippen LogP contribution in [0.25, 0.3) is 22.0 Å². The summed E-state index contributed by atoms with van der Waals surface area (Å²) >= 11 is 1.14. The number of hydrogen-bond acceptors (Lipinski definition) is 6. The van der Waals surface area contributed by atoms with Gasteiger partial charge in [0.25, 0.3) is 0 Å². The molecule has 2 aromatic heterocycles. The van der Waals surface area contributed by atoms with E-state index in [0.29, 0.717) is 21.3 Å². The highest BCUT2D eigenvalue weighted by atomic mass is 32.1. The van der Waals surface area contributed by atoms with E-state index in [9.17, 15) is 13.2 Å². The molecule has 10 heteroatoms. The first-order valence-corrected chi connectivity index (χ1v) is 7.29. The molecular formula is C14H8F3N5OS. The molecule has 0 saturated carbocycles. The molecule has 0 bridgehead atoms. The van der Waals surface area contributed by atoms with Crippen molar-refractivity contribution < 1.29 is 17.9 Å². The zero-order valence-corrected chi connectivity index (χ0v) is 12.9. The standard InChI is InChI=1S/C14H8F3N5OS/c1-23-13-11(10-9(6-18)20-22-21-10)19-12(24-13)7-2-4-8(5-3-7)14(15,16)17/h2-5H,1H3,(H,20,21,22). The van der Waals surface area contributed by atoms with Crippen LogP contribution in [0.3, 0.4) is 0 Å². The molecule has 0 amide bonds. The lowest BCUT2D eigenvalue weighted by atomic mass is 10.1. The summed E-state index contributed by atoms with van der Waals surface area (Å²) in [7, 11) is 1.43. The van der Waals surface area contributed by atoms with Crippen LogP contribution < -0.4 is 4.74 Å². The Morgan fingerprint density at radius 1 is 1.17 bits per heavy atom. The highest BCUT2D eigenvalue weighted by molar-refractivity contribution is 7.17. The minimum atomic E-state index is -4.40. The second-order valence-corrected chi connectivity index (χ2v) is 5.53. The molecule has 0 fully saturated rings. The van der Waals surface area contributed by atoms with Gasteiger partial charge in [-0.15, -0.1) is 5.10 Å². The topological polar surface area (TPSA) is 87.5 Å². The Hall–Kier alpha value is -2.93. The number of thiazole rings is 1. The number of nitrogens with one attached hydrogen (secondary N) is 1. The van der Waals surface area contributed by atoms with Crippen LogP contribution >= 0.6 is 11.3 Å². The molecule has 0 unspecified atom stereocenters. The Labute approximate surface area is 137 Å². The van der Waals surface area contributed by atoms with E-state index < -0.39 is 11.7 Å².